The Hall–Kier alpha value is -3.90. The number of ether oxygens (including phenoxy) is 1. The maximum Gasteiger partial charge on any atom is 0.159 e. The van der Waals surface area contributed by atoms with Crippen LogP contribution in [0.1, 0.15) is 22.4 Å². The van der Waals surface area contributed by atoms with E-state index in [2.05, 4.69) is 20.9 Å². The van der Waals surface area contributed by atoms with Gasteiger partial charge in [-0.15, -0.1) is 0 Å². The molecule has 2 aromatic carbocycles. The van der Waals surface area contributed by atoms with Crippen LogP contribution in [0.15, 0.2) is 91.4 Å². The minimum Gasteiger partial charge on any atom is -0.497 e. The van der Waals surface area contributed by atoms with Crippen molar-refractivity contribution in [2.75, 3.05) is 43.1 Å². The topological polar surface area (TPSA) is 61.7 Å². The predicted molar refractivity (Wildman–Crippen MR) is 139 cm³/mol. The first kappa shape index (κ1) is 22.9. The Kier molecular flexibility index (Phi) is 6.38. The molecule has 0 saturated carbocycles. The van der Waals surface area contributed by atoms with Crippen molar-refractivity contribution in [3.63, 3.8) is 0 Å². The summed E-state index contributed by atoms with van der Waals surface area (Å²) in [4.78, 5) is 13.6. The van der Waals surface area contributed by atoms with Crippen molar-refractivity contribution < 1.29 is 9.84 Å². The van der Waals surface area contributed by atoms with Crippen LogP contribution in [0.25, 0.3) is 0 Å². The van der Waals surface area contributed by atoms with E-state index in [-0.39, 0.29) is 0 Å². The van der Waals surface area contributed by atoms with Gasteiger partial charge < -0.3 is 19.6 Å². The lowest BCUT2D eigenvalue weighted by Gasteiger charge is -2.40. The summed E-state index contributed by atoms with van der Waals surface area (Å²) in [6.07, 6.45) is 5.42. The van der Waals surface area contributed by atoms with Gasteiger partial charge in [0, 0.05) is 50.5 Å². The van der Waals surface area contributed by atoms with Crippen molar-refractivity contribution in [2.45, 2.75) is 12.5 Å². The highest BCUT2D eigenvalue weighted by Gasteiger charge is 2.39. The first-order valence-corrected chi connectivity index (χ1v) is 11.9. The number of rotatable bonds is 6. The number of nitrogens with zero attached hydrogens (tertiary/aromatic N) is 4. The van der Waals surface area contributed by atoms with Gasteiger partial charge in [-0.1, -0.05) is 42.0 Å². The van der Waals surface area contributed by atoms with Crippen LogP contribution < -0.4 is 14.5 Å². The Morgan fingerprint density at radius 3 is 2.00 bits per heavy atom. The van der Waals surface area contributed by atoms with Gasteiger partial charge in [-0.3, -0.25) is 9.97 Å². The zero-order chi connectivity index (χ0) is 24.3. The van der Waals surface area contributed by atoms with Gasteiger partial charge in [-0.2, -0.15) is 0 Å². The van der Waals surface area contributed by atoms with E-state index in [0.717, 1.165) is 54.3 Å². The van der Waals surface area contributed by atoms with Crippen molar-refractivity contribution in [3.05, 3.63) is 114 Å². The minimum absolute atomic E-state index is 0.631. The van der Waals surface area contributed by atoms with Crippen molar-refractivity contribution in [3.8, 4) is 5.75 Å². The molecule has 4 aromatic rings. The van der Waals surface area contributed by atoms with Crippen LogP contribution in [-0.2, 0) is 5.60 Å². The normalized spacial score (nSPS) is 15.5. The second-order valence-corrected chi connectivity index (χ2v) is 8.86. The molecular formula is C29H30N4O2. The van der Waals surface area contributed by atoms with Gasteiger partial charge in [0.1, 0.15) is 11.4 Å². The largest absolute Gasteiger partial charge is 0.497 e. The van der Waals surface area contributed by atoms with Gasteiger partial charge in [0.2, 0.25) is 0 Å². The Bertz CT molecular complexity index is 1250. The minimum atomic E-state index is -1.42. The molecule has 0 aliphatic carbocycles. The molecule has 0 radical (unpaired) electrons. The van der Waals surface area contributed by atoms with Gasteiger partial charge in [-0.25, -0.2) is 0 Å². The van der Waals surface area contributed by atoms with Crippen LogP contribution in [0.3, 0.4) is 0 Å². The van der Waals surface area contributed by atoms with Crippen LogP contribution >= 0.6 is 0 Å². The summed E-state index contributed by atoms with van der Waals surface area (Å²) in [7, 11) is 1.64. The van der Waals surface area contributed by atoms with E-state index in [0.29, 0.717) is 5.69 Å². The van der Waals surface area contributed by atoms with Crippen LogP contribution in [0.2, 0.25) is 0 Å². The lowest BCUT2D eigenvalue weighted by Crippen LogP contribution is -2.47. The average Bonchev–Trinajstić information content (AvgIpc) is 2.94. The number of benzene rings is 2. The summed E-state index contributed by atoms with van der Waals surface area (Å²) in [6.45, 7) is 5.46. The number of piperazine rings is 1. The number of aryl methyl sites for hydroxylation is 1. The maximum atomic E-state index is 12.5. The van der Waals surface area contributed by atoms with E-state index in [1.165, 1.54) is 5.69 Å². The number of aromatic nitrogens is 2. The van der Waals surface area contributed by atoms with Crippen LogP contribution in [-0.4, -0.2) is 48.4 Å². The monoisotopic (exact) mass is 466 g/mol. The van der Waals surface area contributed by atoms with Gasteiger partial charge in [0.25, 0.3) is 0 Å². The maximum absolute atomic E-state index is 12.5. The molecule has 1 atom stereocenters. The molecule has 1 aliphatic heterocycles. The highest BCUT2D eigenvalue weighted by atomic mass is 16.5. The van der Waals surface area contributed by atoms with Gasteiger partial charge in [0.15, 0.2) is 5.60 Å². The highest BCUT2D eigenvalue weighted by Crippen LogP contribution is 2.41. The highest BCUT2D eigenvalue weighted by molar-refractivity contribution is 5.61. The summed E-state index contributed by atoms with van der Waals surface area (Å²) in [5.74, 6) is 0.744. The lowest BCUT2D eigenvalue weighted by atomic mass is 9.82. The first-order chi connectivity index (χ1) is 17.1. The third-order valence-corrected chi connectivity index (χ3v) is 6.75. The molecule has 6 nitrogen and oxygen atoms in total. The molecule has 1 N–H and O–H groups in total. The van der Waals surface area contributed by atoms with E-state index in [9.17, 15) is 5.11 Å². The predicted octanol–water partition coefficient (Wildman–Crippen LogP) is 4.40. The number of methoxy groups -OCH3 is 1. The molecule has 1 aliphatic rings. The molecule has 6 heteroatoms. The van der Waals surface area contributed by atoms with E-state index in [1.807, 2.05) is 86.0 Å². The van der Waals surface area contributed by atoms with Crippen molar-refractivity contribution in [2.24, 2.45) is 0 Å². The first-order valence-electron chi connectivity index (χ1n) is 11.9. The van der Waals surface area contributed by atoms with Crippen molar-refractivity contribution in [1.82, 2.24) is 9.97 Å². The Labute approximate surface area is 206 Å². The summed E-state index contributed by atoms with van der Waals surface area (Å²) >= 11 is 0. The third-order valence-electron chi connectivity index (χ3n) is 6.75. The molecule has 35 heavy (non-hydrogen) atoms. The molecule has 0 bridgehead atoms. The van der Waals surface area contributed by atoms with Crippen LogP contribution in [0.5, 0.6) is 5.75 Å². The number of anilines is 2. The molecule has 5 rings (SSSR count). The molecule has 2 aromatic heterocycles. The SMILES string of the molecule is COc1ccc(C(O)(c2ccc(C)cc2)c2ncccc2N2CCN(c3ccncc3)CC2)cc1. The fraction of sp³-hybridized carbons (Fsp3) is 0.241. The molecule has 1 fully saturated rings. The molecule has 0 spiro atoms. The van der Waals surface area contributed by atoms with Gasteiger partial charge in [0.05, 0.1) is 12.8 Å². The van der Waals surface area contributed by atoms with Crippen molar-refractivity contribution >= 4 is 11.4 Å². The summed E-state index contributed by atoms with van der Waals surface area (Å²) in [5.41, 5.74) is 4.01. The van der Waals surface area contributed by atoms with Crippen LogP contribution in [0.4, 0.5) is 11.4 Å². The van der Waals surface area contributed by atoms with E-state index >= 15 is 0 Å². The van der Waals surface area contributed by atoms with E-state index < -0.39 is 5.60 Å². The zero-order valence-corrected chi connectivity index (χ0v) is 20.1. The molecule has 3 heterocycles. The summed E-state index contributed by atoms with van der Waals surface area (Å²) in [6, 6.07) is 23.7. The quantitative estimate of drug-likeness (QED) is 0.454. The molecule has 1 saturated heterocycles. The summed E-state index contributed by atoms with van der Waals surface area (Å²) in [5, 5.41) is 12.5. The number of hydrogen-bond acceptors (Lipinski definition) is 6. The summed E-state index contributed by atoms with van der Waals surface area (Å²) < 4.78 is 5.36. The van der Waals surface area contributed by atoms with Gasteiger partial charge in [-0.05, 0) is 54.4 Å². The second kappa shape index (κ2) is 9.76. The molecule has 0 amide bonds. The number of hydrogen-bond donors (Lipinski definition) is 1. The molecule has 178 valence electrons. The number of aliphatic hydroxyl groups is 1. The van der Waals surface area contributed by atoms with Gasteiger partial charge >= 0.3 is 0 Å². The smallest absolute Gasteiger partial charge is 0.159 e. The fourth-order valence-corrected chi connectivity index (χ4v) is 4.76. The van der Waals surface area contributed by atoms with Crippen LogP contribution in [0, 0.1) is 6.92 Å². The van der Waals surface area contributed by atoms with E-state index in [4.69, 9.17) is 9.72 Å². The molecule has 1 unspecified atom stereocenters. The zero-order valence-electron chi connectivity index (χ0n) is 20.1. The standard InChI is InChI=1S/C29H30N4O2/c1-22-5-7-23(8-6-22)29(34,24-9-11-26(35-2)12-10-24)28-27(4-3-15-31-28)33-20-18-32(19-21-33)25-13-16-30-17-14-25/h3-17,34H,18-21H2,1-2H3. The lowest BCUT2D eigenvalue weighted by molar-refractivity contribution is 0.121. The average molecular weight is 467 g/mol. The van der Waals surface area contributed by atoms with E-state index in [1.54, 1.807) is 13.3 Å². The Morgan fingerprint density at radius 2 is 1.37 bits per heavy atom. The third kappa shape index (κ3) is 4.45. The Balaban J connectivity index is 1.54. The fourth-order valence-electron chi connectivity index (χ4n) is 4.76. The Morgan fingerprint density at radius 1 is 0.771 bits per heavy atom. The molecular weight excluding hydrogens is 436 g/mol. The number of pyridine rings is 2. The second-order valence-electron chi connectivity index (χ2n) is 8.86. The van der Waals surface area contributed by atoms with Crippen molar-refractivity contribution in [1.29, 1.82) is 0 Å².